The molecule has 0 bridgehead atoms. The number of hydrogen-bond acceptors (Lipinski definition) is 5. The van der Waals surface area contributed by atoms with Crippen molar-refractivity contribution in [3.05, 3.63) is 23.0 Å². The monoisotopic (exact) mass is 263 g/mol. The number of aromatic nitrogens is 2. The van der Waals surface area contributed by atoms with Gasteiger partial charge in [-0.15, -0.1) is 0 Å². The summed E-state index contributed by atoms with van der Waals surface area (Å²) in [5, 5.41) is 16.6. The van der Waals surface area contributed by atoms with Gasteiger partial charge >= 0.3 is 0 Å². The number of amides is 1. The van der Waals surface area contributed by atoms with Crippen molar-refractivity contribution in [1.82, 2.24) is 15.5 Å². The highest BCUT2D eigenvalue weighted by molar-refractivity contribution is 6.06. The topological polar surface area (TPSA) is 88.2 Å². The lowest BCUT2D eigenvalue weighted by molar-refractivity contribution is 0.0915. The van der Waals surface area contributed by atoms with Crippen LogP contribution in [0, 0.1) is 13.8 Å². The summed E-state index contributed by atoms with van der Waals surface area (Å²) in [7, 11) is 0. The van der Waals surface area contributed by atoms with Crippen LogP contribution < -0.4 is 5.32 Å². The second-order valence-corrected chi connectivity index (χ2v) is 4.53. The maximum Gasteiger partial charge on any atom is 0.258 e. The van der Waals surface area contributed by atoms with Crippen molar-refractivity contribution in [1.29, 1.82) is 0 Å². The van der Waals surface area contributed by atoms with Crippen LogP contribution >= 0.6 is 0 Å². The average molecular weight is 263 g/mol. The third-order valence-electron chi connectivity index (χ3n) is 2.96. The smallest absolute Gasteiger partial charge is 0.258 e. The number of hydrogen-bond donors (Lipinski definition) is 2. The molecule has 1 amide bonds. The molecule has 102 valence electrons. The third-order valence-corrected chi connectivity index (χ3v) is 2.96. The zero-order chi connectivity index (χ0) is 14.0. The molecular weight excluding hydrogens is 246 g/mol. The molecule has 0 aliphatic rings. The molecule has 0 spiro atoms. The molecule has 0 aliphatic heterocycles. The van der Waals surface area contributed by atoms with E-state index in [1.807, 2.05) is 6.92 Å². The second kappa shape index (κ2) is 5.36. The fraction of sp³-hybridized carbons (Fsp3) is 0.462. The van der Waals surface area contributed by atoms with Crippen LogP contribution in [0.5, 0.6) is 0 Å². The minimum atomic E-state index is -0.536. The Labute approximate surface area is 110 Å². The van der Waals surface area contributed by atoms with E-state index in [2.05, 4.69) is 15.5 Å². The molecule has 6 nitrogen and oxygen atoms in total. The summed E-state index contributed by atoms with van der Waals surface area (Å²) < 4.78 is 5.08. The molecule has 1 atom stereocenters. The number of aryl methyl sites for hydroxylation is 2. The van der Waals surface area contributed by atoms with Crippen molar-refractivity contribution < 1.29 is 14.4 Å². The van der Waals surface area contributed by atoms with Gasteiger partial charge < -0.3 is 14.9 Å². The van der Waals surface area contributed by atoms with Crippen molar-refractivity contribution >= 4 is 17.0 Å². The van der Waals surface area contributed by atoms with E-state index in [1.54, 1.807) is 19.9 Å². The molecule has 0 aliphatic carbocycles. The Morgan fingerprint density at radius 3 is 2.95 bits per heavy atom. The number of rotatable bonds is 4. The van der Waals surface area contributed by atoms with Crippen LogP contribution in [0.15, 0.2) is 10.6 Å². The van der Waals surface area contributed by atoms with E-state index in [0.29, 0.717) is 34.5 Å². The molecule has 1 unspecified atom stereocenters. The Morgan fingerprint density at radius 2 is 2.26 bits per heavy atom. The molecule has 6 heteroatoms. The molecule has 2 heterocycles. The van der Waals surface area contributed by atoms with Crippen LogP contribution in [0.1, 0.15) is 35.1 Å². The van der Waals surface area contributed by atoms with E-state index in [-0.39, 0.29) is 12.5 Å². The van der Waals surface area contributed by atoms with E-state index < -0.39 is 6.10 Å². The maximum absolute atomic E-state index is 12.2. The van der Waals surface area contributed by atoms with Gasteiger partial charge in [0.25, 0.3) is 11.6 Å². The van der Waals surface area contributed by atoms with Gasteiger partial charge in [0.15, 0.2) is 0 Å². The number of aliphatic hydroxyl groups is 1. The SMILES string of the molecule is CCC(O)CNC(=O)c1cc(C)nc2onc(C)c12. The standard InChI is InChI=1S/C13H17N3O3/c1-4-9(17)6-14-12(18)10-5-7(2)15-13-11(10)8(3)16-19-13/h5,9,17H,4,6H2,1-3H3,(H,14,18). The molecule has 2 rings (SSSR count). The molecule has 0 aromatic carbocycles. The summed E-state index contributed by atoms with van der Waals surface area (Å²) in [6, 6.07) is 1.69. The van der Waals surface area contributed by atoms with Gasteiger partial charge in [-0.25, -0.2) is 4.98 Å². The summed E-state index contributed by atoms with van der Waals surface area (Å²) in [5.74, 6) is -0.255. The van der Waals surface area contributed by atoms with E-state index in [1.165, 1.54) is 0 Å². The van der Waals surface area contributed by atoms with Crippen LogP contribution in [0.25, 0.3) is 11.1 Å². The summed E-state index contributed by atoms with van der Waals surface area (Å²) in [5.41, 5.74) is 2.15. The Bertz CT molecular complexity index is 606. The van der Waals surface area contributed by atoms with Gasteiger partial charge in [0.1, 0.15) is 0 Å². The Kier molecular flexibility index (Phi) is 3.80. The first-order chi connectivity index (χ1) is 9.02. The Hall–Kier alpha value is -1.95. The van der Waals surface area contributed by atoms with Gasteiger partial charge in [-0.3, -0.25) is 4.79 Å². The minimum absolute atomic E-state index is 0.225. The highest BCUT2D eigenvalue weighted by Gasteiger charge is 2.17. The van der Waals surface area contributed by atoms with Crippen LogP contribution in [0.4, 0.5) is 0 Å². The number of aliphatic hydroxyl groups excluding tert-OH is 1. The van der Waals surface area contributed by atoms with E-state index in [0.717, 1.165) is 0 Å². The lowest BCUT2D eigenvalue weighted by atomic mass is 10.1. The predicted octanol–water partition coefficient (Wildman–Crippen LogP) is 1.34. The number of carbonyl (C=O) groups excluding carboxylic acids is 1. The molecule has 2 aromatic heterocycles. The van der Waals surface area contributed by atoms with Crippen LogP contribution in [-0.2, 0) is 0 Å². The van der Waals surface area contributed by atoms with Gasteiger partial charge in [0.05, 0.1) is 22.7 Å². The third kappa shape index (κ3) is 2.73. The van der Waals surface area contributed by atoms with Crippen molar-refractivity contribution in [3.8, 4) is 0 Å². The van der Waals surface area contributed by atoms with Crippen LogP contribution in [-0.4, -0.2) is 33.8 Å². The molecule has 2 aromatic rings. The van der Waals surface area contributed by atoms with Crippen molar-refractivity contribution in [2.24, 2.45) is 0 Å². The lowest BCUT2D eigenvalue weighted by Gasteiger charge is -2.10. The highest BCUT2D eigenvalue weighted by Crippen LogP contribution is 2.21. The van der Waals surface area contributed by atoms with E-state index >= 15 is 0 Å². The van der Waals surface area contributed by atoms with Gasteiger partial charge in [-0.1, -0.05) is 12.1 Å². The highest BCUT2D eigenvalue weighted by atomic mass is 16.5. The maximum atomic E-state index is 12.2. The Morgan fingerprint density at radius 1 is 1.53 bits per heavy atom. The van der Waals surface area contributed by atoms with Gasteiger partial charge in [-0.2, -0.15) is 0 Å². The molecule has 0 radical (unpaired) electrons. The zero-order valence-electron chi connectivity index (χ0n) is 11.2. The van der Waals surface area contributed by atoms with Gasteiger partial charge in [0.2, 0.25) is 0 Å². The number of pyridine rings is 1. The molecule has 0 saturated carbocycles. The van der Waals surface area contributed by atoms with Crippen LogP contribution in [0.2, 0.25) is 0 Å². The normalized spacial score (nSPS) is 12.6. The van der Waals surface area contributed by atoms with Gasteiger partial charge in [-0.05, 0) is 26.3 Å². The van der Waals surface area contributed by atoms with E-state index in [9.17, 15) is 9.90 Å². The summed E-state index contributed by atoms with van der Waals surface area (Å²) in [6.45, 7) is 5.63. The predicted molar refractivity (Wildman–Crippen MR) is 69.9 cm³/mol. The van der Waals surface area contributed by atoms with Crippen LogP contribution in [0.3, 0.4) is 0 Å². The summed E-state index contributed by atoms with van der Waals surface area (Å²) in [6.07, 6.45) is 0.0584. The molecule has 19 heavy (non-hydrogen) atoms. The largest absolute Gasteiger partial charge is 0.391 e. The summed E-state index contributed by atoms with van der Waals surface area (Å²) in [4.78, 5) is 16.4. The molecule has 2 N–H and O–H groups in total. The quantitative estimate of drug-likeness (QED) is 0.869. The first kappa shape index (κ1) is 13.5. The number of nitrogens with one attached hydrogen (secondary N) is 1. The molecule has 0 saturated heterocycles. The van der Waals surface area contributed by atoms with Crippen molar-refractivity contribution in [2.75, 3.05) is 6.54 Å². The number of carbonyl (C=O) groups is 1. The number of nitrogens with zero attached hydrogens (tertiary/aromatic N) is 2. The van der Waals surface area contributed by atoms with Gasteiger partial charge in [0, 0.05) is 12.2 Å². The second-order valence-electron chi connectivity index (χ2n) is 4.53. The average Bonchev–Trinajstić information content (AvgIpc) is 2.76. The first-order valence-electron chi connectivity index (χ1n) is 6.22. The fourth-order valence-electron chi connectivity index (χ4n) is 1.85. The van der Waals surface area contributed by atoms with Crippen molar-refractivity contribution in [3.63, 3.8) is 0 Å². The minimum Gasteiger partial charge on any atom is -0.391 e. The Balaban J connectivity index is 2.33. The zero-order valence-corrected chi connectivity index (χ0v) is 11.2. The molecular formula is C13H17N3O3. The molecule has 0 fully saturated rings. The fourth-order valence-corrected chi connectivity index (χ4v) is 1.85. The van der Waals surface area contributed by atoms with Crippen molar-refractivity contribution in [2.45, 2.75) is 33.3 Å². The number of fused-ring (bicyclic) bond motifs is 1. The van der Waals surface area contributed by atoms with E-state index in [4.69, 9.17) is 4.52 Å². The lowest BCUT2D eigenvalue weighted by Crippen LogP contribution is -2.31. The summed E-state index contributed by atoms with van der Waals surface area (Å²) >= 11 is 0. The first-order valence-corrected chi connectivity index (χ1v) is 6.22.